The minimum Gasteiger partial charge on any atom is -0.362 e. The van der Waals surface area contributed by atoms with E-state index in [0.717, 1.165) is 0 Å². The number of fused-ring (bicyclic) bond motifs is 1. The summed E-state index contributed by atoms with van der Waals surface area (Å²) in [6, 6.07) is 22.5. The first-order valence-electron chi connectivity index (χ1n) is 10.7. The molecule has 170 valence electrons. The van der Waals surface area contributed by atoms with Crippen molar-refractivity contribution in [3.63, 3.8) is 0 Å². The summed E-state index contributed by atoms with van der Waals surface area (Å²) in [7, 11) is 0. The number of epoxide rings is 1. The van der Waals surface area contributed by atoms with E-state index < -0.39 is 40.4 Å². The van der Waals surface area contributed by atoms with Crippen molar-refractivity contribution in [3.05, 3.63) is 102 Å². The fourth-order valence-corrected chi connectivity index (χ4v) is 4.91. The molecule has 0 unspecified atom stereocenters. The lowest BCUT2D eigenvalue weighted by Crippen LogP contribution is -2.56. The summed E-state index contributed by atoms with van der Waals surface area (Å²) in [6.45, 7) is 3.34. The number of nitrogens with one attached hydrogen (secondary N) is 1. The van der Waals surface area contributed by atoms with E-state index in [2.05, 4.69) is 5.32 Å². The smallest absolute Gasteiger partial charge is 0.266 e. The molecule has 0 spiro atoms. The van der Waals surface area contributed by atoms with Gasteiger partial charge in [-0.05, 0) is 29.8 Å². The monoisotopic (exact) mass is 449 g/mol. The Kier molecular flexibility index (Phi) is 4.74. The van der Waals surface area contributed by atoms with Crippen LogP contribution < -0.4 is 5.32 Å². The van der Waals surface area contributed by atoms with Crippen molar-refractivity contribution in [3.8, 4) is 0 Å². The summed E-state index contributed by atoms with van der Waals surface area (Å²) in [4.78, 5) is 13.8. The van der Waals surface area contributed by atoms with Crippen molar-refractivity contribution in [1.29, 1.82) is 0 Å². The van der Waals surface area contributed by atoms with Gasteiger partial charge >= 0.3 is 0 Å². The van der Waals surface area contributed by atoms with E-state index >= 15 is 0 Å². The van der Waals surface area contributed by atoms with Crippen LogP contribution in [0.2, 0.25) is 0 Å². The number of carbonyl (C=O) groups is 1. The lowest BCUT2D eigenvalue weighted by Gasteiger charge is -2.37. The van der Waals surface area contributed by atoms with Crippen molar-refractivity contribution in [1.82, 2.24) is 0 Å². The number of ether oxygens (including phenoxy) is 2. The van der Waals surface area contributed by atoms with Crippen molar-refractivity contribution in [2.24, 2.45) is 5.92 Å². The van der Waals surface area contributed by atoms with Gasteiger partial charge < -0.3 is 25.0 Å². The standard InChI is InChI=1S/C26H24FNO5/c1-17(2)25(30)24(22(29)28-21-11-7-4-8-12-21)23(32-24,18-9-5-3-6-10-18)26(31,33-25)19-13-15-20(27)16-14-19/h3-17,30-31H,1-2H3,(H,28,29)/t23-,24+,25-,26+/m0/s1. The Morgan fingerprint density at radius 1 is 0.848 bits per heavy atom. The maximum Gasteiger partial charge on any atom is 0.266 e. The number of amides is 1. The molecule has 0 aromatic heterocycles. The van der Waals surface area contributed by atoms with E-state index in [9.17, 15) is 19.4 Å². The van der Waals surface area contributed by atoms with Crippen LogP contribution in [0.3, 0.4) is 0 Å². The quantitative estimate of drug-likeness (QED) is 0.518. The van der Waals surface area contributed by atoms with Gasteiger partial charge in [-0.15, -0.1) is 0 Å². The van der Waals surface area contributed by atoms with Crippen LogP contribution in [0, 0.1) is 11.7 Å². The number of hydrogen-bond acceptors (Lipinski definition) is 5. The zero-order valence-electron chi connectivity index (χ0n) is 18.2. The molecule has 3 aromatic rings. The number of carbonyl (C=O) groups excluding carboxylic acids is 1. The Hall–Kier alpha value is -3.10. The normalized spacial score (nSPS) is 32.4. The predicted octanol–water partition coefficient (Wildman–Crippen LogP) is 3.65. The van der Waals surface area contributed by atoms with Crippen LogP contribution in [0.5, 0.6) is 0 Å². The molecule has 2 fully saturated rings. The molecule has 0 aliphatic carbocycles. The molecule has 4 atom stereocenters. The van der Waals surface area contributed by atoms with Crippen LogP contribution in [-0.4, -0.2) is 27.5 Å². The van der Waals surface area contributed by atoms with Crippen molar-refractivity contribution in [2.45, 2.75) is 36.6 Å². The second-order valence-electron chi connectivity index (χ2n) is 8.75. The highest BCUT2D eigenvalue weighted by Crippen LogP contribution is 2.76. The van der Waals surface area contributed by atoms with Crippen molar-refractivity contribution in [2.75, 3.05) is 5.32 Å². The van der Waals surface area contributed by atoms with E-state index in [-0.39, 0.29) is 5.56 Å². The van der Waals surface area contributed by atoms with Gasteiger partial charge in [0, 0.05) is 17.2 Å². The first-order valence-corrected chi connectivity index (χ1v) is 10.7. The molecule has 3 aromatic carbocycles. The first-order chi connectivity index (χ1) is 15.7. The Balaban J connectivity index is 1.73. The number of rotatable bonds is 5. The SMILES string of the molecule is CC(C)[C@]1(O)O[C@](O)(c2ccc(F)cc2)[C@@]2(c3ccccc3)O[C@]21C(=O)Nc1ccccc1. The minimum atomic E-state index is -2.28. The van der Waals surface area contributed by atoms with Crippen molar-refractivity contribution >= 4 is 11.6 Å². The number of anilines is 1. The van der Waals surface area contributed by atoms with Crippen LogP contribution in [-0.2, 0) is 25.7 Å². The second kappa shape index (κ2) is 7.20. The molecule has 0 bridgehead atoms. The van der Waals surface area contributed by atoms with Crippen LogP contribution >= 0.6 is 0 Å². The molecule has 3 N–H and O–H groups in total. The third-order valence-corrected chi connectivity index (χ3v) is 6.60. The molecule has 1 amide bonds. The van der Waals surface area contributed by atoms with E-state index in [1.54, 1.807) is 68.4 Å². The Bertz CT molecular complexity index is 1190. The van der Waals surface area contributed by atoms with Gasteiger partial charge in [0.2, 0.25) is 17.2 Å². The van der Waals surface area contributed by atoms with E-state index in [1.165, 1.54) is 24.3 Å². The number of para-hydroxylation sites is 1. The van der Waals surface area contributed by atoms with E-state index in [0.29, 0.717) is 11.3 Å². The molecule has 6 nitrogen and oxygen atoms in total. The third-order valence-electron chi connectivity index (χ3n) is 6.60. The summed E-state index contributed by atoms with van der Waals surface area (Å²) in [5.74, 6) is -6.30. The van der Waals surface area contributed by atoms with E-state index in [1.807, 2.05) is 6.07 Å². The fourth-order valence-electron chi connectivity index (χ4n) is 4.91. The molecule has 2 aliphatic heterocycles. The third kappa shape index (κ3) is 2.71. The summed E-state index contributed by atoms with van der Waals surface area (Å²) < 4.78 is 25.9. The first kappa shape index (κ1) is 21.7. The average molecular weight is 449 g/mol. The van der Waals surface area contributed by atoms with Gasteiger partial charge in [0.05, 0.1) is 0 Å². The topological polar surface area (TPSA) is 91.3 Å². The largest absolute Gasteiger partial charge is 0.362 e. The molecule has 2 heterocycles. The summed E-state index contributed by atoms with van der Waals surface area (Å²) in [5.41, 5.74) is -2.67. The molecule has 33 heavy (non-hydrogen) atoms. The maximum absolute atomic E-state index is 13.8. The lowest BCUT2D eigenvalue weighted by atomic mass is 9.74. The molecule has 0 radical (unpaired) electrons. The van der Waals surface area contributed by atoms with Gasteiger partial charge in [-0.2, -0.15) is 0 Å². The highest BCUT2D eigenvalue weighted by atomic mass is 19.1. The molecular weight excluding hydrogens is 425 g/mol. The second-order valence-corrected chi connectivity index (χ2v) is 8.75. The Morgan fingerprint density at radius 3 is 2.00 bits per heavy atom. The molecule has 7 heteroatoms. The number of aliphatic hydroxyl groups is 2. The minimum absolute atomic E-state index is 0.152. The highest BCUT2D eigenvalue weighted by molar-refractivity contribution is 6.02. The van der Waals surface area contributed by atoms with Gasteiger partial charge in [0.1, 0.15) is 5.82 Å². The zero-order chi connectivity index (χ0) is 23.5. The van der Waals surface area contributed by atoms with Gasteiger partial charge in [-0.3, -0.25) is 4.79 Å². The van der Waals surface area contributed by atoms with Gasteiger partial charge in [-0.25, -0.2) is 4.39 Å². The molecule has 2 saturated heterocycles. The van der Waals surface area contributed by atoms with Crippen LogP contribution in [0.25, 0.3) is 0 Å². The fraction of sp³-hybridized carbons (Fsp3) is 0.269. The maximum atomic E-state index is 13.8. The van der Waals surface area contributed by atoms with Gasteiger partial charge in [-0.1, -0.05) is 74.5 Å². The number of hydrogen-bond donors (Lipinski definition) is 3. The number of benzene rings is 3. The average Bonchev–Trinajstić information content (AvgIpc) is 3.50. The molecular formula is C26H24FNO5. The zero-order valence-corrected chi connectivity index (χ0v) is 18.2. The van der Waals surface area contributed by atoms with Crippen LogP contribution in [0.1, 0.15) is 25.0 Å². The predicted molar refractivity (Wildman–Crippen MR) is 118 cm³/mol. The Labute approximate surface area is 190 Å². The molecule has 5 rings (SSSR count). The molecule has 0 saturated carbocycles. The van der Waals surface area contributed by atoms with Crippen molar-refractivity contribution < 1.29 is 28.9 Å². The van der Waals surface area contributed by atoms with Crippen LogP contribution in [0.15, 0.2) is 84.9 Å². The molecule has 2 aliphatic rings. The van der Waals surface area contributed by atoms with Gasteiger partial charge in [0.15, 0.2) is 5.60 Å². The summed E-state index contributed by atoms with van der Waals surface area (Å²) >= 11 is 0. The van der Waals surface area contributed by atoms with E-state index in [4.69, 9.17) is 9.47 Å². The Morgan fingerprint density at radius 2 is 1.42 bits per heavy atom. The summed E-state index contributed by atoms with van der Waals surface area (Å²) in [6.07, 6.45) is 0. The summed E-state index contributed by atoms with van der Waals surface area (Å²) in [5, 5.41) is 26.6. The highest BCUT2D eigenvalue weighted by Gasteiger charge is 2.97. The van der Waals surface area contributed by atoms with Crippen LogP contribution in [0.4, 0.5) is 10.1 Å². The van der Waals surface area contributed by atoms with Gasteiger partial charge in [0.25, 0.3) is 5.91 Å². The number of halogens is 1. The lowest BCUT2D eigenvalue weighted by molar-refractivity contribution is -0.366.